The lowest BCUT2D eigenvalue weighted by Crippen LogP contribution is -2.27. The largest absolute Gasteiger partial charge is 0.360 e. The number of aryl methyl sites for hydroxylation is 1. The van der Waals surface area contributed by atoms with Crippen LogP contribution < -0.4 is 5.32 Å². The summed E-state index contributed by atoms with van der Waals surface area (Å²) in [4.78, 5) is 13.0. The van der Waals surface area contributed by atoms with E-state index in [1.807, 2.05) is 18.2 Å². The van der Waals surface area contributed by atoms with Crippen molar-refractivity contribution in [1.82, 2.24) is 10.5 Å². The van der Waals surface area contributed by atoms with Crippen molar-refractivity contribution in [2.24, 2.45) is 0 Å². The van der Waals surface area contributed by atoms with Gasteiger partial charge < -0.3 is 9.84 Å². The number of hydrogen-bond acceptors (Lipinski definition) is 3. The quantitative estimate of drug-likeness (QED) is 0.625. The number of rotatable bonds is 3. The smallest absolute Gasteiger partial charge is 0.257 e. The second-order valence-corrected chi connectivity index (χ2v) is 7.25. The molecule has 138 valence electrons. The molecule has 0 spiro atoms. The second kappa shape index (κ2) is 6.98. The molecule has 1 aliphatic rings. The zero-order valence-corrected chi connectivity index (χ0v) is 15.9. The average Bonchev–Trinajstić information content (AvgIpc) is 3.20. The summed E-state index contributed by atoms with van der Waals surface area (Å²) in [5.74, 6) is -0.658. The summed E-state index contributed by atoms with van der Waals surface area (Å²) in [5, 5.41) is 7.73. The molecule has 0 saturated carbocycles. The maximum absolute atomic E-state index is 14.3. The molecule has 0 aliphatic heterocycles. The third-order valence-corrected chi connectivity index (χ3v) is 5.48. The normalized spacial score (nSPS) is 15.6. The lowest BCUT2D eigenvalue weighted by atomic mass is 10.0. The van der Waals surface area contributed by atoms with Gasteiger partial charge in [0.25, 0.3) is 5.91 Å². The zero-order chi connectivity index (χ0) is 19.1. The summed E-state index contributed by atoms with van der Waals surface area (Å²) in [5.41, 5.74) is 2.37. The molecule has 4 rings (SSSR count). The van der Waals surface area contributed by atoms with Crippen LogP contribution in [-0.2, 0) is 6.42 Å². The van der Waals surface area contributed by atoms with Crippen molar-refractivity contribution in [3.8, 4) is 11.3 Å². The van der Waals surface area contributed by atoms with Gasteiger partial charge >= 0.3 is 0 Å². The van der Waals surface area contributed by atoms with E-state index in [-0.39, 0.29) is 33.8 Å². The van der Waals surface area contributed by atoms with E-state index in [0.717, 1.165) is 24.0 Å². The van der Waals surface area contributed by atoms with Gasteiger partial charge in [-0.1, -0.05) is 46.6 Å². The Hall–Kier alpha value is -2.37. The molecule has 27 heavy (non-hydrogen) atoms. The van der Waals surface area contributed by atoms with Gasteiger partial charge in [-0.05, 0) is 49.1 Å². The molecule has 4 nitrogen and oxygen atoms in total. The van der Waals surface area contributed by atoms with Crippen molar-refractivity contribution in [3.63, 3.8) is 0 Å². The van der Waals surface area contributed by atoms with Crippen molar-refractivity contribution in [1.29, 1.82) is 0 Å². The average molecular weight is 405 g/mol. The summed E-state index contributed by atoms with van der Waals surface area (Å²) in [6.45, 7) is 1.61. The maximum atomic E-state index is 14.3. The maximum Gasteiger partial charge on any atom is 0.257 e. The van der Waals surface area contributed by atoms with Gasteiger partial charge in [-0.3, -0.25) is 4.79 Å². The number of benzene rings is 2. The van der Waals surface area contributed by atoms with Crippen LogP contribution >= 0.6 is 23.2 Å². The Labute approximate surface area is 165 Å². The van der Waals surface area contributed by atoms with E-state index >= 15 is 0 Å². The predicted octanol–water partition coefficient (Wildman–Crippen LogP) is 5.51. The zero-order valence-electron chi connectivity index (χ0n) is 14.4. The number of halogens is 3. The summed E-state index contributed by atoms with van der Waals surface area (Å²) >= 11 is 12.4. The molecule has 1 heterocycles. The van der Waals surface area contributed by atoms with E-state index in [1.54, 1.807) is 13.0 Å². The number of carbonyl (C=O) groups is 1. The SMILES string of the molecule is Cc1onc(-c2c(F)cccc2Cl)c1C(=O)N[C@@H]1CCc2c(Cl)cccc21. The van der Waals surface area contributed by atoms with Gasteiger partial charge in [0.2, 0.25) is 0 Å². The molecule has 0 saturated heterocycles. The minimum absolute atomic E-state index is 0.0519. The van der Waals surface area contributed by atoms with E-state index in [1.165, 1.54) is 12.1 Å². The van der Waals surface area contributed by atoms with Crippen LogP contribution in [0.1, 0.15) is 39.7 Å². The Morgan fingerprint density at radius 2 is 1.96 bits per heavy atom. The van der Waals surface area contributed by atoms with Crippen LogP contribution in [0.15, 0.2) is 40.9 Å². The molecule has 0 unspecified atom stereocenters. The number of amides is 1. The van der Waals surface area contributed by atoms with Crippen molar-refractivity contribution < 1.29 is 13.7 Å². The fourth-order valence-corrected chi connectivity index (χ4v) is 4.05. The van der Waals surface area contributed by atoms with E-state index in [0.29, 0.717) is 10.8 Å². The standard InChI is InChI=1S/C20H15Cl2FN2O2/c1-10-17(19(25-27-10)18-14(22)6-3-7-15(18)23)20(26)24-16-9-8-11-12(16)4-2-5-13(11)21/h2-7,16H,8-9H2,1H3,(H,24,26)/t16-/m1/s1. The Bertz CT molecular complexity index is 1030. The van der Waals surface area contributed by atoms with Crippen molar-refractivity contribution in [3.05, 3.63) is 74.7 Å². The molecule has 1 aliphatic carbocycles. The molecule has 2 aromatic carbocycles. The van der Waals surface area contributed by atoms with Gasteiger partial charge in [0, 0.05) is 5.02 Å². The number of hydrogen-bond donors (Lipinski definition) is 1. The minimum atomic E-state index is -0.567. The molecule has 1 N–H and O–H groups in total. The van der Waals surface area contributed by atoms with Crippen LogP contribution in [0.4, 0.5) is 4.39 Å². The lowest BCUT2D eigenvalue weighted by Gasteiger charge is -2.15. The van der Waals surface area contributed by atoms with Crippen molar-refractivity contribution >= 4 is 29.1 Å². The molecular weight excluding hydrogens is 390 g/mol. The molecule has 3 aromatic rings. The van der Waals surface area contributed by atoms with Gasteiger partial charge in [-0.25, -0.2) is 4.39 Å². The fourth-order valence-electron chi connectivity index (χ4n) is 3.52. The van der Waals surface area contributed by atoms with E-state index in [2.05, 4.69) is 10.5 Å². The third-order valence-electron chi connectivity index (χ3n) is 4.81. The third kappa shape index (κ3) is 3.11. The molecule has 1 atom stereocenters. The molecule has 7 heteroatoms. The number of fused-ring (bicyclic) bond motifs is 1. The highest BCUT2D eigenvalue weighted by atomic mass is 35.5. The van der Waals surface area contributed by atoms with Crippen LogP contribution in [0, 0.1) is 12.7 Å². The molecule has 0 radical (unpaired) electrons. The summed E-state index contributed by atoms with van der Waals surface area (Å²) in [7, 11) is 0. The number of nitrogens with one attached hydrogen (secondary N) is 1. The lowest BCUT2D eigenvalue weighted by molar-refractivity contribution is 0.0935. The van der Waals surface area contributed by atoms with Crippen molar-refractivity contribution in [2.75, 3.05) is 0 Å². The van der Waals surface area contributed by atoms with Gasteiger partial charge in [-0.2, -0.15) is 0 Å². The molecule has 0 bridgehead atoms. The van der Waals surface area contributed by atoms with Gasteiger partial charge in [0.15, 0.2) is 0 Å². The van der Waals surface area contributed by atoms with E-state index < -0.39 is 5.82 Å². The van der Waals surface area contributed by atoms with Crippen LogP contribution in [0.5, 0.6) is 0 Å². The van der Waals surface area contributed by atoms with E-state index in [4.69, 9.17) is 27.7 Å². The highest BCUT2D eigenvalue weighted by Gasteiger charge is 2.30. The highest BCUT2D eigenvalue weighted by Crippen LogP contribution is 2.37. The van der Waals surface area contributed by atoms with E-state index in [9.17, 15) is 9.18 Å². The topological polar surface area (TPSA) is 55.1 Å². The Morgan fingerprint density at radius 1 is 1.22 bits per heavy atom. The first-order valence-corrected chi connectivity index (χ1v) is 9.21. The fraction of sp³-hybridized carbons (Fsp3) is 0.200. The second-order valence-electron chi connectivity index (χ2n) is 6.43. The summed E-state index contributed by atoms with van der Waals surface area (Å²) in [6, 6.07) is 9.78. The number of carbonyl (C=O) groups excluding carboxylic acids is 1. The first-order chi connectivity index (χ1) is 13.0. The number of aromatic nitrogens is 1. The Kier molecular flexibility index (Phi) is 4.66. The highest BCUT2D eigenvalue weighted by molar-refractivity contribution is 6.33. The monoisotopic (exact) mass is 404 g/mol. The van der Waals surface area contributed by atoms with Crippen LogP contribution in [0.3, 0.4) is 0 Å². The van der Waals surface area contributed by atoms with Gasteiger partial charge in [0.1, 0.15) is 22.8 Å². The van der Waals surface area contributed by atoms with Crippen LogP contribution in [-0.4, -0.2) is 11.1 Å². The molecule has 1 amide bonds. The molecule has 1 aromatic heterocycles. The van der Waals surface area contributed by atoms with Gasteiger partial charge in [0.05, 0.1) is 16.6 Å². The summed E-state index contributed by atoms with van der Waals surface area (Å²) in [6.07, 6.45) is 1.53. The Morgan fingerprint density at radius 3 is 2.74 bits per heavy atom. The molecular formula is C20H15Cl2FN2O2. The minimum Gasteiger partial charge on any atom is -0.360 e. The number of nitrogens with zero attached hydrogens (tertiary/aromatic N) is 1. The molecule has 0 fully saturated rings. The van der Waals surface area contributed by atoms with Crippen LogP contribution in [0.25, 0.3) is 11.3 Å². The van der Waals surface area contributed by atoms with Crippen LogP contribution in [0.2, 0.25) is 10.0 Å². The van der Waals surface area contributed by atoms with Gasteiger partial charge in [-0.15, -0.1) is 0 Å². The first kappa shape index (κ1) is 18.0. The first-order valence-electron chi connectivity index (χ1n) is 8.46. The summed E-state index contributed by atoms with van der Waals surface area (Å²) < 4.78 is 19.5. The Balaban J connectivity index is 1.69. The predicted molar refractivity (Wildman–Crippen MR) is 102 cm³/mol. The van der Waals surface area contributed by atoms with Crippen molar-refractivity contribution in [2.45, 2.75) is 25.8 Å².